The van der Waals surface area contributed by atoms with Crippen molar-refractivity contribution in [2.45, 2.75) is 30.1 Å². The van der Waals surface area contributed by atoms with Crippen LogP contribution in [-0.4, -0.2) is 34.8 Å². The first kappa shape index (κ1) is 11.6. The van der Waals surface area contributed by atoms with Crippen molar-refractivity contribution in [2.24, 2.45) is 7.05 Å². The van der Waals surface area contributed by atoms with Crippen molar-refractivity contribution in [1.82, 2.24) is 9.78 Å². The molecule has 16 heavy (non-hydrogen) atoms. The molecule has 0 radical (unpaired) electrons. The van der Waals surface area contributed by atoms with Crippen LogP contribution in [0.4, 0.5) is 0 Å². The molecule has 6 heteroatoms. The molecule has 1 N–H and O–H groups in total. The molecule has 90 valence electrons. The van der Waals surface area contributed by atoms with Crippen LogP contribution in [-0.2, 0) is 22.5 Å². The first-order valence-electron chi connectivity index (χ1n) is 5.24. The largest absolute Gasteiger partial charge is 0.384 e. The Bertz CT molecular complexity index is 494. The smallest absolute Gasteiger partial charge is 0.153 e. The summed E-state index contributed by atoms with van der Waals surface area (Å²) in [6.45, 7) is 0. The molecule has 1 heterocycles. The number of hydrogen-bond acceptors (Lipinski definition) is 4. The van der Waals surface area contributed by atoms with Crippen molar-refractivity contribution < 1.29 is 13.5 Å². The van der Waals surface area contributed by atoms with Gasteiger partial charge in [-0.05, 0) is 19.3 Å². The monoisotopic (exact) mass is 244 g/mol. The Kier molecular flexibility index (Phi) is 2.58. The summed E-state index contributed by atoms with van der Waals surface area (Å²) in [5.41, 5.74) is -0.662. The standard InChI is InChI=1S/C10H16N2O3S/c1-12-7-8(6-11-12)10(13)5-3-4-9(10)16(2,14)15/h6-7,9,13H,3-5H2,1-2H3. The van der Waals surface area contributed by atoms with Crippen LogP contribution in [0.3, 0.4) is 0 Å². The van der Waals surface area contributed by atoms with E-state index in [1.54, 1.807) is 24.1 Å². The molecule has 1 saturated carbocycles. The molecule has 5 nitrogen and oxygen atoms in total. The number of nitrogens with zero attached hydrogens (tertiary/aromatic N) is 2. The maximum atomic E-state index is 11.6. The van der Waals surface area contributed by atoms with Gasteiger partial charge in [0.2, 0.25) is 0 Å². The van der Waals surface area contributed by atoms with Gasteiger partial charge in [-0.25, -0.2) is 8.42 Å². The summed E-state index contributed by atoms with van der Waals surface area (Å²) in [6.07, 6.45) is 6.14. The lowest BCUT2D eigenvalue weighted by molar-refractivity contribution is 0.0476. The van der Waals surface area contributed by atoms with E-state index in [4.69, 9.17) is 0 Å². The van der Waals surface area contributed by atoms with Crippen molar-refractivity contribution in [3.8, 4) is 0 Å². The lowest BCUT2D eigenvalue weighted by Crippen LogP contribution is -2.39. The van der Waals surface area contributed by atoms with Crippen LogP contribution in [0.25, 0.3) is 0 Å². The molecule has 1 aromatic rings. The molecule has 0 aromatic carbocycles. The average Bonchev–Trinajstić information content (AvgIpc) is 2.71. The average molecular weight is 244 g/mol. The highest BCUT2D eigenvalue weighted by molar-refractivity contribution is 7.91. The van der Waals surface area contributed by atoms with Gasteiger partial charge in [-0.2, -0.15) is 5.10 Å². The van der Waals surface area contributed by atoms with E-state index in [2.05, 4.69) is 5.10 Å². The van der Waals surface area contributed by atoms with Crippen molar-refractivity contribution in [2.75, 3.05) is 6.26 Å². The van der Waals surface area contributed by atoms with Gasteiger partial charge in [0.05, 0.1) is 11.4 Å². The van der Waals surface area contributed by atoms with Gasteiger partial charge in [0.15, 0.2) is 9.84 Å². The molecule has 0 saturated heterocycles. The first-order chi connectivity index (χ1) is 7.34. The maximum Gasteiger partial charge on any atom is 0.153 e. The summed E-state index contributed by atoms with van der Waals surface area (Å²) in [7, 11) is -1.49. The van der Waals surface area contributed by atoms with Gasteiger partial charge in [-0.3, -0.25) is 4.68 Å². The SMILES string of the molecule is Cn1cc(C2(O)CCCC2S(C)(=O)=O)cn1. The van der Waals surface area contributed by atoms with Gasteiger partial charge in [0, 0.05) is 25.1 Å². The highest BCUT2D eigenvalue weighted by atomic mass is 32.2. The fraction of sp³-hybridized carbons (Fsp3) is 0.700. The quantitative estimate of drug-likeness (QED) is 0.807. The van der Waals surface area contributed by atoms with Crippen LogP contribution >= 0.6 is 0 Å². The fourth-order valence-corrected chi connectivity index (χ4v) is 4.06. The summed E-state index contributed by atoms with van der Waals surface area (Å²) in [6, 6.07) is 0. The Hall–Kier alpha value is -0.880. The Balaban J connectivity index is 2.44. The van der Waals surface area contributed by atoms with Crippen LogP contribution in [0.2, 0.25) is 0 Å². The number of rotatable bonds is 2. The van der Waals surface area contributed by atoms with Crippen molar-refractivity contribution in [3.05, 3.63) is 18.0 Å². The number of aromatic nitrogens is 2. The molecular weight excluding hydrogens is 228 g/mol. The minimum Gasteiger partial charge on any atom is -0.384 e. The zero-order chi connectivity index (χ0) is 12.0. The van der Waals surface area contributed by atoms with E-state index in [0.29, 0.717) is 18.4 Å². The molecule has 0 bridgehead atoms. The predicted molar refractivity (Wildman–Crippen MR) is 59.6 cm³/mol. The molecule has 0 amide bonds. The lowest BCUT2D eigenvalue weighted by atomic mass is 9.95. The lowest BCUT2D eigenvalue weighted by Gasteiger charge is -2.27. The van der Waals surface area contributed by atoms with E-state index in [9.17, 15) is 13.5 Å². The van der Waals surface area contributed by atoms with E-state index in [1.165, 1.54) is 6.26 Å². The summed E-state index contributed by atoms with van der Waals surface area (Å²) in [5, 5.41) is 13.8. The van der Waals surface area contributed by atoms with Gasteiger partial charge in [-0.1, -0.05) is 0 Å². The van der Waals surface area contributed by atoms with Gasteiger partial charge in [0.1, 0.15) is 5.60 Å². The third-order valence-electron chi connectivity index (χ3n) is 3.28. The molecule has 0 spiro atoms. The third-order valence-corrected chi connectivity index (χ3v) is 4.94. The minimum absolute atomic E-state index is 0.483. The second kappa shape index (κ2) is 3.56. The second-order valence-electron chi connectivity index (χ2n) is 4.54. The fourth-order valence-electron chi connectivity index (χ4n) is 2.50. The molecular formula is C10H16N2O3S. The van der Waals surface area contributed by atoms with Crippen LogP contribution in [0.15, 0.2) is 12.4 Å². The maximum absolute atomic E-state index is 11.6. The molecule has 1 aromatic heterocycles. The summed E-state index contributed by atoms with van der Waals surface area (Å²) in [4.78, 5) is 0. The Labute approximate surface area is 95.0 Å². The minimum atomic E-state index is -3.24. The Morgan fingerprint density at radius 1 is 1.62 bits per heavy atom. The van der Waals surface area contributed by atoms with Crippen LogP contribution < -0.4 is 0 Å². The molecule has 1 fully saturated rings. The van der Waals surface area contributed by atoms with Crippen LogP contribution in [0.5, 0.6) is 0 Å². The van der Waals surface area contributed by atoms with Crippen molar-refractivity contribution >= 4 is 9.84 Å². The molecule has 2 unspecified atom stereocenters. The van der Waals surface area contributed by atoms with Crippen LogP contribution in [0, 0.1) is 0 Å². The highest BCUT2D eigenvalue weighted by Gasteiger charge is 2.48. The van der Waals surface area contributed by atoms with E-state index in [1.807, 2.05) is 0 Å². The van der Waals surface area contributed by atoms with Gasteiger partial charge in [0.25, 0.3) is 0 Å². The van der Waals surface area contributed by atoms with Gasteiger partial charge >= 0.3 is 0 Å². The number of aliphatic hydroxyl groups is 1. The molecule has 2 rings (SSSR count). The van der Waals surface area contributed by atoms with Crippen LogP contribution in [0.1, 0.15) is 24.8 Å². The molecule has 1 aliphatic carbocycles. The van der Waals surface area contributed by atoms with Crippen molar-refractivity contribution in [1.29, 1.82) is 0 Å². The van der Waals surface area contributed by atoms with E-state index in [0.717, 1.165) is 6.42 Å². The molecule has 1 aliphatic rings. The third kappa shape index (κ3) is 1.76. The Morgan fingerprint density at radius 2 is 2.31 bits per heavy atom. The van der Waals surface area contributed by atoms with Gasteiger partial charge < -0.3 is 5.11 Å². The summed E-state index contributed by atoms with van der Waals surface area (Å²) in [5.74, 6) is 0. The van der Waals surface area contributed by atoms with E-state index < -0.39 is 20.7 Å². The highest BCUT2D eigenvalue weighted by Crippen LogP contribution is 2.42. The topological polar surface area (TPSA) is 72.2 Å². The predicted octanol–water partition coefficient (Wildman–Crippen LogP) is 0.205. The van der Waals surface area contributed by atoms with Crippen molar-refractivity contribution in [3.63, 3.8) is 0 Å². The summed E-state index contributed by atoms with van der Waals surface area (Å²) < 4.78 is 24.9. The number of hydrogen-bond donors (Lipinski definition) is 1. The van der Waals surface area contributed by atoms with E-state index >= 15 is 0 Å². The zero-order valence-electron chi connectivity index (χ0n) is 9.42. The zero-order valence-corrected chi connectivity index (χ0v) is 10.2. The Morgan fingerprint density at radius 3 is 2.81 bits per heavy atom. The number of sulfone groups is 1. The second-order valence-corrected chi connectivity index (χ2v) is 6.77. The van der Waals surface area contributed by atoms with Gasteiger partial charge in [-0.15, -0.1) is 0 Å². The number of aryl methyl sites for hydroxylation is 1. The van der Waals surface area contributed by atoms with E-state index in [-0.39, 0.29) is 0 Å². The molecule has 0 aliphatic heterocycles. The normalized spacial score (nSPS) is 30.8. The summed E-state index contributed by atoms with van der Waals surface area (Å²) >= 11 is 0. The molecule has 2 atom stereocenters. The first-order valence-corrected chi connectivity index (χ1v) is 7.20.